The van der Waals surface area contributed by atoms with Gasteiger partial charge < -0.3 is 5.32 Å². The molecule has 0 saturated heterocycles. The average molecular weight is 251 g/mol. The standard InChI is InChI=1S/C15H25NS/c1-2-13-10-11-17-15(13)12-16-14-8-6-4-3-5-7-9-14/h10-11,14,16H,2-9,12H2,1H3. The Morgan fingerprint density at radius 1 is 1.18 bits per heavy atom. The summed E-state index contributed by atoms with van der Waals surface area (Å²) in [5, 5.41) is 6.01. The molecule has 1 aliphatic carbocycles. The predicted molar refractivity (Wildman–Crippen MR) is 76.6 cm³/mol. The van der Waals surface area contributed by atoms with E-state index < -0.39 is 0 Å². The van der Waals surface area contributed by atoms with Gasteiger partial charge in [-0.15, -0.1) is 11.3 Å². The molecular weight excluding hydrogens is 226 g/mol. The number of nitrogens with one attached hydrogen (secondary N) is 1. The first kappa shape index (κ1) is 13.1. The van der Waals surface area contributed by atoms with Gasteiger partial charge in [-0.05, 0) is 36.3 Å². The summed E-state index contributed by atoms with van der Waals surface area (Å²) in [7, 11) is 0. The molecule has 0 bridgehead atoms. The number of hydrogen-bond donors (Lipinski definition) is 1. The lowest BCUT2D eigenvalue weighted by Gasteiger charge is -2.21. The molecule has 17 heavy (non-hydrogen) atoms. The van der Waals surface area contributed by atoms with Crippen LogP contribution in [0.2, 0.25) is 0 Å². The normalized spacial score (nSPS) is 18.9. The Morgan fingerprint density at radius 2 is 1.88 bits per heavy atom. The molecule has 1 saturated carbocycles. The van der Waals surface area contributed by atoms with Crippen molar-refractivity contribution in [2.24, 2.45) is 0 Å². The van der Waals surface area contributed by atoms with Crippen LogP contribution < -0.4 is 5.32 Å². The summed E-state index contributed by atoms with van der Waals surface area (Å²) in [5.41, 5.74) is 1.54. The number of aryl methyl sites for hydroxylation is 1. The van der Waals surface area contributed by atoms with Crippen LogP contribution in [-0.4, -0.2) is 6.04 Å². The molecule has 1 heterocycles. The van der Waals surface area contributed by atoms with E-state index >= 15 is 0 Å². The quantitative estimate of drug-likeness (QED) is 0.830. The first-order chi connectivity index (χ1) is 8.40. The highest BCUT2D eigenvalue weighted by molar-refractivity contribution is 7.10. The average Bonchev–Trinajstić information content (AvgIpc) is 2.75. The first-order valence-electron chi connectivity index (χ1n) is 7.18. The van der Waals surface area contributed by atoms with Gasteiger partial charge in [0.1, 0.15) is 0 Å². The van der Waals surface area contributed by atoms with E-state index in [2.05, 4.69) is 23.7 Å². The van der Waals surface area contributed by atoms with Gasteiger partial charge in [-0.3, -0.25) is 0 Å². The van der Waals surface area contributed by atoms with Crippen molar-refractivity contribution in [1.82, 2.24) is 5.32 Å². The maximum absolute atomic E-state index is 3.78. The highest BCUT2D eigenvalue weighted by Crippen LogP contribution is 2.20. The molecule has 1 N–H and O–H groups in total. The zero-order valence-corrected chi connectivity index (χ0v) is 11.8. The maximum atomic E-state index is 3.78. The smallest absolute Gasteiger partial charge is 0.0305 e. The van der Waals surface area contributed by atoms with Crippen LogP contribution >= 0.6 is 11.3 Å². The van der Waals surface area contributed by atoms with Gasteiger partial charge in [0.05, 0.1) is 0 Å². The van der Waals surface area contributed by atoms with Gasteiger partial charge in [0.2, 0.25) is 0 Å². The van der Waals surface area contributed by atoms with Crippen LogP contribution in [0.5, 0.6) is 0 Å². The maximum Gasteiger partial charge on any atom is 0.0305 e. The molecule has 0 atom stereocenters. The molecule has 0 amide bonds. The Bertz CT molecular complexity index is 310. The van der Waals surface area contributed by atoms with E-state index in [4.69, 9.17) is 0 Å². The largest absolute Gasteiger partial charge is 0.309 e. The van der Waals surface area contributed by atoms with Gasteiger partial charge in [0, 0.05) is 17.5 Å². The summed E-state index contributed by atoms with van der Waals surface area (Å²) in [6.45, 7) is 3.34. The highest BCUT2D eigenvalue weighted by atomic mass is 32.1. The Morgan fingerprint density at radius 3 is 2.59 bits per heavy atom. The fourth-order valence-corrected chi connectivity index (χ4v) is 3.66. The van der Waals surface area contributed by atoms with Crippen LogP contribution in [-0.2, 0) is 13.0 Å². The van der Waals surface area contributed by atoms with Gasteiger partial charge >= 0.3 is 0 Å². The fraction of sp³-hybridized carbons (Fsp3) is 0.733. The van der Waals surface area contributed by atoms with Crippen molar-refractivity contribution in [3.63, 3.8) is 0 Å². The van der Waals surface area contributed by atoms with E-state index in [9.17, 15) is 0 Å². The Hall–Kier alpha value is -0.340. The van der Waals surface area contributed by atoms with Gasteiger partial charge in [-0.25, -0.2) is 0 Å². The minimum atomic E-state index is 0.766. The lowest BCUT2D eigenvalue weighted by Crippen LogP contribution is -2.29. The van der Waals surface area contributed by atoms with Crippen molar-refractivity contribution in [2.45, 2.75) is 70.9 Å². The van der Waals surface area contributed by atoms with E-state index in [-0.39, 0.29) is 0 Å². The first-order valence-corrected chi connectivity index (χ1v) is 8.06. The van der Waals surface area contributed by atoms with Gasteiger partial charge in [0.25, 0.3) is 0 Å². The van der Waals surface area contributed by atoms with Crippen molar-refractivity contribution in [2.75, 3.05) is 0 Å². The monoisotopic (exact) mass is 251 g/mol. The third-order valence-electron chi connectivity index (χ3n) is 3.88. The van der Waals surface area contributed by atoms with Crippen LogP contribution in [0.3, 0.4) is 0 Å². The van der Waals surface area contributed by atoms with E-state index in [0.717, 1.165) is 12.6 Å². The van der Waals surface area contributed by atoms with Crippen LogP contribution in [0.15, 0.2) is 11.4 Å². The second-order valence-corrected chi connectivity index (χ2v) is 6.15. The molecule has 1 aliphatic rings. The SMILES string of the molecule is CCc1ccsc1CNC1CCCCCCC1. The molecule has 1 aromatic rings. The van der Waals surface area contributed by atoms with E-state index in [1.165, 1.54) is 56.9 Å². The number of thiophene rings is 1. The molecule has 2 rings (SSSR count). The molecule has 2 heteroatoms. The molecule has 96 valence electrons. The summed E-state index contributed by atoms with van der Waals surface area (Å²) < 4.78 is 0. The molecule has 0 aliphatic heterocycles. The molecular formula is C15H25NS. The van der Waals surface area contributed by atoms with Gasteiger partial charge in [-0.2, -0.15) is 0 Å². The molecule has 0 aromatic carbocycles. The number of rotatable bonds is 4. The summed E-state index contributed by atoms with van der Waals surface area (Å²) in [6, 6.07) is 3.04. The number of hydrogen-bond acceptors (Lipinski definition) is 2. The summed E-state index contributed by atoms with van der Waals surface area (Å²) in [4.78, 5) is 1.55. The third kappa shape index (κ3) is 4.11. The van der Waals surface area contributed by atoms with Crippen LogP contribution in [0, 0.1) is 0 Å². The second-order valence-electron chi connectivity index (χ2n) is 5.15. The highest BCUT2D eigenvalue weighted by Gasteiger charge is 2.11. The lowest BCUT2D eigenvalue weighted by atomic mass is 9.97. The van der Waals surface area contributed by atoms with E-state index in [1.807, 2.05) is 11.3 Å². The molecule has 1 fully saturated rings. The molecule has 0 radical (unpaired) electrons. The van der Waals surface area contributed by atoms with Crippen molar-refractivity contribution in [3.8, 4) is 0 Å². The van der Waals surface area contributed by atoms with Crippen molar-refractivity contribution < 1.29 is 0 Å². The van der Waals surface area contributed by atoms with Crippen LogP contribution in [0.1, 0.15) is 62.3 Å². The molecule has 0 unspecified atom stereocenters. The van der Waals surface area contributed by atoms with E-state index in [1.54, 1.807) is 4.88 Å². The van der Waals surface area contributed by atoms with Gasteiger partial charge in [0.15, 0.2) is 0 Å². The van der Waals surface area contributed by atoms with Gasteiger partial charge in [-0.1, -0.05) is 39.0 Å². The molecule has 0 spiro atoms. The predicted octanol–water partition coefficient (Wildman–Crippen LogP) is 4.51. The molecule has 1 aromatic heterocycles. The zero-order chi connectivity index (χ0) is 11.9. The topological polar surface area (TPSA) is 12.0 Å². The fourth-order valence-electron chi connectivity index (χ4n) is 2.73. The van der Waals surface area contributed by atoms with E-state index in [0.29, 0.717) is 0 Å². The summed E-state index contributed by atoms with van der Waals surface area (Å²) >= 11 is 1.91. The summed E-state index contributed by atoms with van der Waals surface area (Å²) in [6.07, 6.45) is 11.1. The zero-order valence-electron chi connectivity index (χ0n) is 11.0. The van der Waals surface area contributed by atoms with Crippen molar-refractivity contribution in [1.29, 1.82) is 0 Å². The second kappa shape index (κ2) is 7.17. The molecule has 1 nitrogen and oxygen atoms in total. The Labute approximate surface area is 110 Å². The summed E-state index contributed by atoms with van der Waals surface area (Å²) in [5.74, 6) is 0. The minimum absolute atomic E-state index is 0.766. The Kier molecular flexibility index (Phi) is 5.53. The third-order valence-corrected chi connectivity index (χ3v) is 4.84. The minimum Gasteiger partial charge on any atom is -0.309 e. The van der Waals surface area contributed by atoms with Crippen molar-refractivity contribution >= 4 is 11.3 Å². The lowest BCUT2D eigenvalue weighted by molar-refractivity contribution is 0.389. The van der Waals surface area contributed by atoms with Crippen LogP contribution in [0.4, 0.5) is 0 Å². The van der Waals surface area contributed by atoms with Crippen LogP contribution in [0.25, 0.3) is 0 Å². The van der Waals surface area contributed by atoms with Crippen molar-refractivity contribution in [3.05, 3.63) is 21.9 Å². The Balaban J connectivity index is 1.79.